The van der Waals surface area contributed by atoms with Gasteiger partial charge in [-0.25, -0.2) is 9.36 Å². The van der Waals surface area contributed by atoms with Gasteiger partial charge in [-0.3, -0.25) is 9.79 Å². The zero-order chi connectivity index (χ0) is 9.07. The third-order valence-electron chi connectivity index (χ3n) is 0.708. The Kier molecular flexibility index (Phi) is 4.05. The molecule has 0 saturated carbocycles. The van der Waals surface area contributed by atoms with E-state index in [9.17, 15) is 9.36 Å². The number of nitrogens with two attached hydrogens (primary N) is 1. The third-order valence-corrected chi connectivity index (χ3v) is 1.52. The van der Waals surface area contributed by atoms with Gasteiger partial charge in [0.2, 0.25) is 0 Å². The summed E-state index contributed by atoms with van der Waals surface area (Å²) < 4.78 is 13.7. The Labute approximate surface area is 68.4 Å². The highest BCUT2D eigenvalue weighted by molar-refractivity contribution is 7.80. The molecular weight excluding hydrogens is 193 g/mol. The van der Waals surface area contributed by atoms with Gasteiger partial charge in [-0.2, -0.15) is 12.6 Å². The van der Waals surface area contributed by atoms with Gasteiger partial charge in [0.15, 0.2) is 0 Å². The fraction of sp³-hybridized carbons (Fsp3) is 0.667. The van der Waals surface area contributed by atoms with Crippen molar-refractivity contribution < 1.29 is 23.7 Å². The van der Waals surface area contributed by atoms with Crippen molar-refractivity contribution >= 4 is 26.4 Å². The lowest BCUT2D eigenvalue weighted by atomic mass is 10.4. The number of hydrogen-bond donors (Lipinski definition) is 4. The van der Waals surface area contributed by atoms with Crippen molar-refractivity contribution in [1.82, 2.24) is 0 Å². The molecule has 0 rings (SSSR count). The number of carbonyl (C=O) groups excluding carboxylic acids is 1. The Balaban J connectivity index is 3.99. The fourth-order valence-corrected chi connectivity index (χ4v) is 0.778. The lowest BCUT2D eigenvalue weighted by Gasteiger charge is -2.08. The van der Waals surface area contributed by atoms with Gasteiger partial charge >= 0.3 is 13.8 Å². The molecule has 0 aromatic rings. The maximum absolute atomic E-state index is 10.5. The molecule has 66 valence electrons. The molecule has 0 aliphatic rings. The number of hydrogen-bond acceptors (Lipinski definition) is 5. The molecule has 1 atom stereocenters. The average Bonchev–Trinajstić information content (AvgIpc) is 1.82. The van der Waals surface area contributed by atoms with Crippen LogP contribution in [0.5, 0.6) is 0 Å². The van der Waals surface area contributed by atoms with Gasteiger partial charge in [0.1, 0.15) is 6.04 Å². The Morgan fingerprint density at radius 3 is 2.45 bits per heavy atom. The van der Waals surface area contributed by atoms with Crippen molar-refractivity contribution in [1.29, 1.82) is 0 Å². The maximum Gasteiger partial charge on any atom is 0.527 e. The first-order valence-electron chi connectivity index (χ1n) is 2.52. The molecule has 0 amide bonds. The average molecular weight is 201 g/mol. The van der Waals surface area contributed by atoms with E-state index in [2.05, 4.69) is 17.2 Å². The van der Waals surface area contributed by atoms with Gasteiger partial charge in [0.25, 0.3) is 0 Å². The second-order valence-corrected chi connectivity index (χ2v) is 3.22. The summed E-state index contributed by atoms with van der Waals surface area (Å²) in [4.78, 5) is 26.7. The summed E-state index contributed by atoms with van der Waals surface area (Å²) in [6, 6.07) is -1.11. The molecule has 0 radical (unpaired) electrons. The summed E-state index contributed by atoms with van der Waals surface area (Å²) in [5.41, 5.74) is 5.03. The molecule has 0 aromatic heterocycles. The molecule has 0 saturated heterocycles. The predicted octanol–water partition coefficient (Wildman–Crippen LogP) is -1.12. The van der Waals surface area contributed by atoms with Gasteiger partial charge < -0.3 is 10.3 Å². The monoisotopic (exact) mass is 201 g/mol. The summed E-state index contributed by atoms with van der Waals surface area (Å²) in [6.45, 7) is 0. The molecule has 4 N–H and O–H groups in total. The van der Waals surface area contributed by atoms with Crippen molar-refractivity contribution in [3.05, 3.63) is 0 Å². The van der Waals surface area contributed by atoms with E-state index < -0.39 is 19.8 Å². The van der Waals surface area contributed by atoms with Crippen LogP contribution < -0.4 is 5.73 Å². The van der Waals surface area contributed by atoms with Crippen LogP contribution in [0.3, 0.4) is 0 Å². The summed E-state index contributed by atoms with van der Waals surface area (Å²) in [7, 11) is -4.75. The molecule has 0 aliphatic heterocycles. The van der Waals surface area contributed by atoms with Crippen LogP contribution in [0.2, 0.25) is 0 Å². The highest BCUT2D eigenvalue weighted by Crippen LogP contribution is 2.35. The first-order chi connectivity index (χ1) is 4.87. The van der Waals surface area contributed by atoms with E-state index in [1.807, 2.05) is 0 Å². The predicted molar refractivity (Wildman–Crippen MR) is 40.0 cm³/mol. The highest BCUT2D eigenvalue weighted by atomic mass is 32.1. The van der Waals surface area contributed by atoms with Gasteiger partial charge in [-0.15, -0.1) is 0 Å². The van der Waals surface area contributed by atoms with Crippen LogP contribution in [-0.4, -0.2) is 27.6 Å². The lowest BCUT2D eigenvalue weighted by Crippen LogP contribution is -2.33. The summed E-state index contributed by atoms with van der Waals surface area (Å²) in [6.07, 6.45) is 0. The second-order valence-electron chi connectivity index (χ2n) is 1.69. The molecule has 11 heavy (non-hydrogen) atoms. The van der Waals surface area contributed by atoms with E-state index >= 15 is 0 Å². The molecule has 8 heteroatoms. The zero-order valence-corrected chi connectivity index (χ0v) is 7.16. The topological polar surface area (TPSA) is 110 Å². The third kappa shape index (κ3) is 5.23. The molecule has 0 aromatic carbocycles. The van der Waals surface area contributed by atoms with E-state index in [0.717, 1.165) is 0 Å². The molecule has 0 spiro atoms. The second kappa shape index (κ2) is 4.08. The molecule has 0 bridgehead atoms. The first-order valence-corrected chi connectivity index (χ1v) is 4.68. The Morgan fingerprint density at radius 1 is 1.73 bits per heavy atom. The zero-order valence-electron chi connectivity index (χ0n) is 5.38. The Hall–Kier alpha value is -0.0700. The molecule has 0 fully saturated rings. The van der Waals surface area contributed by atoms with E-state index in [-0.39, 0.29) is 5.75 Å². The molecule has 0 heterocycles. The van der Waals surface area contributed by atoms with Crippen molar-refractivity contribution in [2.45, 2.75) is 6.04 Å². The molecular formula is C3H8NO5PS. The molecule has 6 nitrogen and oxygen atoms in total. The smallest absolute Gasteiger partial charge is 0.369 e. The highest BCUT2D eigenvalue weighted by Gasteiger charge is 2.24. The van der Waals surface area contributed by atoms with Crippen molar-refractivity contribution in [2.75, 3.05) is 5.75 Å². The minimum atomic E-state index is -4.75. The first kappa shape index (κ1) is 10.9. The summed E-state index contributed by atoms with van der Waals surface area (Å²) >= 11 is 3.63. The number of rotatable bonds is 3. The van der Waals surface area contributed by atoms with Crippen molar-refractivity contribution in [2.24, 2.45) is 5.73 Å². The van der Waals surface area contributed by atoms with E-state index in [1.54, 1.807) is 0 Å². The summed E-state index contributed by atoms with van der Waals surface area (Å²) in [5, 5.41) is 0. The van der Waals surface area contributed by atoms with Gasteiger partial charge in [-0.1, -0.05) is 0 Å². The van der Waals surface area contributed by atoms with Crippen LogP contribution in [-0.2, 0) is 13.9 Å². The van der Waals surface area contributed by atoms with Crippen LogP contribution in [0.25, 0.3) is 0 Å². The number of phosphoric acid groups is 1. The van der Waals surface area contributed by atoms with Crippen LogP contribution in [0.4, 0.5) is 0 Å². The van der Waals surface area contributed by atoms with E-state index in [1.165, 1.54) is 0 Å². The molecule has 0 aliphatic carbocycles. The normalized spacial score (nSPS) is 14.2. The van der Waals surface area contributed by atoms with E-state index in [0.29, 0.717) is 0 Å². The van der Waals surface area contributed by atoms with E-state index in [4.69, 9.17) is 15.5 Å². The van der Waals surface area contributed by atoms with Gasteiger partial charge in [-0.05, 0) is 0 Å². The largest absolute Gasteiger partial charge is 0.527 e. The lowest BCUT2D eigenvalue weighted by molar-refractivity contribution is -0.136. The van der Waals surface area contributed by atoms with Crippen molar-refractivity contribution in [3.8, 4) is 0 Å². The fourth-order valence-electron chi connectivity index (χ4n) is 0.259. The minimum absolute atomic E-state index is 0.0289. The molecule has 0 unspecified atom stereocenters. The van der Waals surface area contributed by atoms with Gasteiger partial charge in [0, 0.05) is 5.75 Å². The van der Waals surface area contributed by atoms with Crippen LogP contribution in [0, 0.1) is 0 Å². The Morgan fingerprint density at radius 2 is 2.18 bits per heavy atom. The Bertz CT molecular complexity index is 190. The quantitative estimate of drug-likeness (QED) is 0.340. The number of thiol groups is 1. The SMILES string of the molecule is N[C@@H](CS)C(=O)OP(=O)(O)O. The summed E-state index contributed by atoms with van der Waals surface area (Å²) in [5.74, 6) is -1.19. The van der Waals surface area contributed by atoms with Crippen LogP contribution in [0.15, 0.2) is 0 Å². The maximum atomic E-state index is 10.5. The van der Waals surface area contributed by atoms with Crippen LogP contribution in [0.1, 0.15) is 0 Å². The minimum Gasteiger partial charge on any atom is -0.369 e. The van der Waals surface area contributed by atoms with Crippen molar-refractivity contribution in [3.63, 3.8) is 0 Å². The van der Waals surface area contributed by atoms with Gasteiger partial charge in [0.05, 0.1) is 0 Å². The standard InChI is InChI=1S/C3H8NO5PS/c4-2(1-11)3(5)9-10(6,7)8/h2,11H,1,4H2,(H2,6,7,8)/t2-/m0/s1. The van der Waals surface area contributed by atoms with Crippen LogP contribution >= 0.6 is 20.5 Å². The number of phosphoric ester groups is 1. The number of carbonyl (C=O) groups is 1.